The molecule has 0 radical (unpaired) electrons. The van der Waals surface area contributed by atoms with Gasteiger partial charge in [0.05, 0.1) is 25.3 Å². The number of ether oxygens (including phenoxy) is 1. The lowest BCUT2D eigenvalue weighted by atomic mass is 10.0. The molecule has 3 aromatic carbocycles. The normalized spacial score (nSPS) is 13.8. The SMILES string of the molecule is CCOc1ccccc1N1CCN(C(=O)CNC(=O)Cc2cccc3ccccc23)CC1. The van der Waals surface area contributed by atoms with Gasteiger partial charge in [0.15, 0.2) is 0 Å². The molecule has 0 unspecified atom stereocenters. The summed E-state index contributed by atoms with van der Waals surface area (Å²) in [5, 5.41) is 4.98. The van der Waals surface area contributed by atoms with Crippen molar-refractivity contribution in [1.82, 2.24) is 10.2 Å². The van der Waals surface area contributed by atoms with E-state index in [-0.39, 0.29) is 24.8 Å². The molecule has 1 fully saturated rings. The fourth-order valence-corrected chi connectivity index (χ4v) is 4.16. The Morgan fingerprint density at radius 3 is 2.44 bits per heavy atom. The molecule has 32 heavy (non-hydrogen) atoms. The second-order valence-electron chi connectivity index (χ2n) is 7.86. The number of benzene rings is 3. The second kappa shape index (κ2) is 10.2. The zero-order chi connectivity index (χ0) is 22.3. The van der Waals surface area contributed by atoms with Crippen molar-refractivity contribution in [2.75, 3.05) is 44.2 Å². The number of fused-ring (bicyclic) bond motifs is 1. The minimum absolute atomic E-state index is 0.0269. The molecule has 1 heterocycles. The van der Waals surface area contributed by atoms with Crippen molar-refractivity contribution >= 4 is 28.3 Å². The van der Waals surface area contributed by atoms with Crippen LogP contribution < -0.4 is 15.0 Å². The number of nitrogens with one attached hydrogen (secondary N) is 1. The average Bonchev–Trinajstić information content (AvgIpc) is 2.83. The highest BCUT2D eigenvalue weighted by Gasteiger charge is 2.23. The van der Waals surface area contributed by atoms with Crippen molar-refractivity contribution in [3.63, 3.8) is 0 Å². The number of rotatable bonds is 7. The van der Waals surface area contributed by atoms with E-state index in [1.165, 1.54) is 0 Å². The lowest BCUT2D eigenvalue weighted by Gasteiger charge is -2.36. The van der Waals surface area contributed by atoms with Crippen molar-refractivity contribution in [2.24, 2.45) is 0 Å². The summed E-state index contributed by atoms with van der Waals surface area (Å²) in [4.78, 5) is 29.2. The molecule has 4 rings (SSSR count). The Labute approximate surface area is 188 Å². The molecule has 0 saturated carbocycles. The highest BCUT2D eigenvalue weighted by atomic mass is 16.5. The maximum atomic E-state index is 12.6. The van der Waals surface area contributed by atoms with E-state index >= 15 is 0 Å². The van der Waals surface area contributed by atoms with Crippen LogP contribution in [0, 0.1) is 0 Å². The summed E-state index contributed by atoms with van der Waals surface area (Å²) in [5.74, 6) is 0.684. The Bertz CT molecular complexity index is 1090. The molecule has 1 aliphatic heterocycles. The quantitative estimate of drug-likeness (QED) is 0.624. The molecule has 6 heteroatoms. The van der Waals surface area contributed by atoms with Crippen molar-refractivity contribution in [1.29, 1.82) is 0 Å². The highest BCUT2D eigenvalue weighted by Crippen LogP contribution is 2.28. The maximum absolute atomic E-state index is 12.6. The van der Waals surface area contributed by atoms with Crippen LogP contribution in [0.5, 0.6) is 5.75 Å². The van der Waals surface area contributed by atoms with Gasteiger partial charge in [-0.15, -0.1) is 0 Å². The van der Waals surface area contributed by atoms with Gasteiger partial charge in [-0.25, -0.2) is 0 Å². The van der Waals surface area contributed by atoms with Crippen LogP contribution in [0.2, 0.25) is 0 Å². The van der Waals surface area contributed by atoms with E-state index in [1.807, 2.05) is 72.5 Å². The molecular weight excluding hydrogens is 402 g/mol. The van der Waals surface area contributed by atoms with Crippen LogP contribution in [0.3, 0.4) is 0 Å². The van der Waals surface area contributed by atoms with Crippen LogP contribution in [-0.4, -0.2) is 56.0 Å². The standard InChI is InChI=1S/C26H29N3O3/c1-2-32-24-13-6-5-12-23(24)28-14-16-29(17-15-28)26(31)19-27-25(30)18-21-10-7-9-20-8-3-4-11-22(20)21/h3-13H,2,14-19H2,1H3,(H,27,30). The van der Waals surface area contributed by atoms with E-state index in [4.69, 9.17) is 4.74 Å². The highest BCUT2D eigenvalue weighted by molar-refractivity contribution is 5.91. The zero-order valence-electron chi connectivity index (χ0n) is 18.4. The van der Waals surface area contributed by atoms with Crippen molar-refractivity contribution in [2.45, 2.75) is 13.3 Å². The van der Waals surface area contributed by atoms with Gasteiger partial charge in [-0.3, -0.25) is 9.59 Å². The summed E-state index contributed by atoms with van der Waals surface area (Å²) in [7, 11) is 0. The summed E-state index contributed by atoms with van der Waals surface area (Å²) in [6.07, 6.45) is 0.261. The zero-order valence-corrected chi connectivity index (χ0v) is 18.4. The topological polar surface area (TPSA) is 61.9 Å². The first-order chi connectivity index (χ1) is 15.7. The molecule has 166 valence electrons. The molecule has 1 saturated heterocycles. The van der Waals surface area contributed by atoms with Gasteiger partial charge in [0.2, 0.25) is 11.8 Å². The van der Waals surface area contributed by atoms with Gasteiger partial charge in [-0.1, -0.05) is 54.6 Å². The molecule has 0 spiro atoms. The fourth-order valence-electron chi connectivity index (χ4n) is 4.16. The lowest BCUT2D eigenvalue weighted by Crippen LogP contribution is -2.51. The molecule has 1 aliphatic rings. The van der Waals surface area contributed by atoms with Gasteiger partial charge in [-0.05, 0) is 35.4 Å². The van der Waals surface area contributed by atoms with E-state index in [2.05, 4.69) is 16.3 Å². The number of hydrogen-bond donors (Lipinski definition) is 1. The maximum Gasteiger partial charge on any atom is 0.242 e. The number of anilines is 1. The number of para-hydroxylation sites is 2. The number of nitrogens with zero attached hydrogens (tertiary/aromatic N) is 2. The van der Waals surface area contributed by atoms with Gasteiger partial charge < -0.3 is 19.9 Å². The minimum atomic E-state index is -0.140. The number of piperazine rings is 1. The third-order valence-electron chi connectivity index (χ3n) is 5.81. The monoisotopic (exact) mass is 431 g/mol. The van der Waals surface area contributed by atoms with Crippen molar-refractivity contribution in [3.05, 3.63) is 72.3 Å². The predicted octanol–water partition coefficient (Wildman–Crippen LogP) is 3.25. The van der Waals surface area contributed by atoms with Gasteiger partial charge >= 0.3 is 0 Å². The molecule has 0 atom stereocenters. The number of hydrogen-bond acceptors (Lipinski definition) is 4. The summed E-state index contributed by atoms with van der Waals surface area (Å²) >= 11 is 0. The molecule has 2 amide bonds. The Morgan fingerprint density at radius 1 is 0.906 bits per heavy atom. The Morgan fingerprint density at radius 2 is 1.62 bits per heavy atom. The van der Waals surface area contributed by atoms with E-state index in [0.717, 1.165) is 40.9 Å². The third kappa shape index (κ3) is 5.02. The van der Waals surface area contributed by atoms with Gasteiger partial charge in [0, 0.05) is 26.2 Å². The molecule has 3 aromatic rings. The Hall–Kier alpha value is -3.54. The number of carbonyl (C=O) groups is 2. The van der Waals surface area contributed by atoms with Crippen LogP contribution in [0.4, 0.5) is 5.69 Å². The molecule has 0 aromatic heterocycles. The first kappa shape index (κ1) is 21.7. The summed E-state index contributed by atoms with van der Waals surface area (Å²) in [5.41, 5.74) is 2.03. The smallest absolute Gasteiger partial charge is 0.242 e. The van der Waals surface area contributed by atoms with Crippen LogP contribution in [-0.2, 0) is 16.0 Å². The van der Waals surface area contributed by atoms with Crippen LogP contribution >= 0.6 is 0 Å². The summed E-state index contributed by atoms with van der Waals surface area (Å²) in [6, 6.07) is 22.0. The molecule has 6 nitrogen and oxygen atoms in total. The fraction of sp³-hybridized carbons (Fsp3) is 0.308. The van der Waals surface area contributed by atoms with Crippen LogP contribution in [0.25, 0.3) is 10.8 Å². The predicted molar refractivity (Wildman–Crippen MR) is 127 cm³/mol. The number of amides is 2. The van der Waals surface area contributed by atoms with Gasteiger partial charge in [0.1, 0.15) is 5.75 Å². The first-order valence-corrected chi connectivity index (χ1v) is 11.1. The van der Waals surface area contributed by atoms with E-state index < -0.39 is 0 Å². The molecule has 1 N–H and O–H groups in total. The second-order valence-corrected chi connectivity index (χ2v) is 7.86. The average molecular weight is 432 g/mol. The van der Waals surface area contributed by atoms with Crippen molar-refractivity contribution < 1.29 is 14.3 Å². The van der Waals surface area contributed by atoms with Crippen LogP contribution in [0.15, 0.2) is 66.7 Å². The van der Waals surface area contributed by atoms with E-state index in [9.17, 15) is 9.59 Å². The van der Waals surface area contributed by atoms with Crippen molar-refractivity contribution in [3.8, 4) is 5.75 Å². The Balaban J connectivity index is 1.28. The molecule has 0 bridgehead atoms. The van der Waals surface area contributed by atoms with E-state index in [0.29, 0.717) is 19.7 Å². The summed E-state index contributed by atoms with van der Waals surface area (Å²) in [6.45, 7) is 5.34. The van der Waals surface area contributed by atoms with Crippen LogP contribution in [0.1, 0.15) is 12.5 Å². The molecular formula is C26H29N3O3. The largest absolute Gasteiger partial charge is 0.492 e. The number of carbonyl (C=O) groups excluding carboxylic acids is 2. The van der Waals surface area contributed by atoms with Gasteiger partial charge in [0.25, 0.3) is 0 Å². The van der Waals surface area contributed by atoms with Gasteiger partial charge in [-0.2, -0.15) is 0 Å². The minimum Gasteiger partial charge on any atom is -0.492 e. The Kier molecular flexibility index (Phi) is 6.90. The first-order valence-electron chi connectivity index (χ1n) is 11.1. The summed E-state index contributed by atoms with van der Waals surface area (Å²) < 4.78 is 5.74. The van der Waals surface area contributed by atoms with E-state index in [1.54, 1.807) is 0 Å². The lowest BCUT2D eigenvalue weighted by molar-refractivity contribution is -0.133. The third-order valence-corrected chi connectivity index (χ3v) is 5.81. The molecule has 0 aliphatic carbocycles.